The molecule has 0 aromatic heterocycles. The van der Waals surface area contributed by atoms with Crippen LogP contribution in [0.2, 0.25) is 0 Å². The van der Waals surface area contributed by atoms with Crippen molar-refractivity contribution in [3.63, 3.8) is 0 Å². The molecule has 10 N–H and O–H groups in total. The van der Waals surface area contributed by atoms with Crippen LogP contribution in [0, 0.1) is 0 Å². The van der Waals surface area contributed by atoms with Crippen molar-refractivity contribution in [1.29, 1.82) is 0 Å². The number of carbonyl (C=O) groups excluding carboxylic acids is 2. The van der Waals surface area contributed by atoms with Gasteiger partial charge in [-0.1, -0.05) is 0 Å². The van der Waals surface area contributed by atoms with Gasteiger partial charge in [-0.05, 0) is 0 Å². The maximum absolute atomic E-state index is 9.63. The summed E-state index contributed by atoms with van der Waals surface area (Å²) in [7, 11) is 0. The number of carbonyl (C=O) groups is 2. The summed E-state index contributed by atoms with van der Waals surface area (Å²) in [5.74, 6) is -4.12. The molecule has 15 heteroatoms. The predicted octanol–water partition coefficient (Wildman–Crippen LogP) is -11.2. The van der Waals surface area contributed by atoms with Gasteiger partial charge in [0.1, 0.15) is 12.2 Å². The van der Waals surface area contributed by atoms with Crippen LogP contribution in [0.3, 0.4) is 0 Å². The van der Waals surface area contributed by atoms with Gasteiger partial charge >= 0.3 is 127 Å². The van der Waals surface area contributed by atoms with Gasteiger partial charge in [-0.3, -0.25) is 0 Å². The molecule has 0 fully saturated rings. The maximum Gasteiger partial charge on any atom is 2.00 e. The normalized spacial score (nSPS) is 8.32. The molecule has 0 amide bonds. The Morgan fingerprint density at radius 2 is 0.947 bits per heavy atom. The number of aliphatic hydroxyl groups is 2. The van der Waals surface area contributed by atoms with Crippen LogP contribution in [-0.4, -0.2) is 121 Å². The summed E-state index contributed by atoms with van der Waals surface area (Å²) in [6.07, 6.45) is -4.88. The van der Waals surface area contributed by atoms with E-state index in [9.17, 15) is 19.8 Å². The van der Waals surface area contributed by atoms with Gasteiger partial charge in [0.2, 0.25) is 0 Å². The smallest absolute Gasteiger partial charge is 1.00 e. The van der Waals surface area contributed by atoms with Crippen molar-refractivity contribution in [3.8, 4) is 0 Å². The summed E-state index contributed by atoms with van der Waals surface area (Å²) >= 11 is 0. The summed E-state index contributed by atoms with van der Waals surface area (Å²) in [6, 6.07) is 0. The molecule has 0 aliphatic heterocycles. The Labute approximate surface area is 224 Å². The zero-order valence-corrected chi connectivity index (χ0v) is 19.3. The first kappa shape index (κ1) is 66.7. The first-order valence-electron chi connectivity index (χ1n) is 2.24. The average molecular weight is 407 g/mol. The van der Waals surface area contributed by atoms with Crippen molar-refractivity contribution in [2.24, 2.45) is 0 Å². The molecule has 0 heterocycles. The van der Waals surface area contributed by atoms with Crippen molar-refractivity contribution < 1.29 is 105 Å². The van der Waals surface area contributed by atoms with E-state index < -0.39 is 24.1 Å². The second-order valence-electron chi connectivity index (χ2n) is 1.53. The fourth-order valence-electron chi connectivity index (χ4n) is 0.258. The first-order valence-corrected chi connectivity index (χ1v) is 2.24. The van der Waals surface area contributed by atoms with Gasteiger partial charge < -0.3 is 65.7 Å². The van der Waals surface area contributed by atoms with Crippen molar-refractivity contribution >= 4 is 99.8 Å². The molecule has 2 atom stereocenters. The third-order valence-electron chi connectivity index (χ3n) is 0.782. The van der Waals surface area contributed by atoms with Crippen molar-refractivity contribution in [3.05, 3.63) is 0 Å². The van der Waals surface area contributed by atoms with Crippen LogP contribution < -0.4 is 86.3 Å². The van der Waals surface area contributed by atoms with Gasteiger partial charge in [-0.15, -0.1) is 12.4 Å². The number of hydrogen-bond acceptors (Lipinski definition) is 10. The summed E-state index contributed by atoms with van der Waals surface area (Å²) in [4.78, 5) is 19.3. The molecule has 2 unspecified atom stereocenters. The summed E-state index contributed by atoms with van der Waals surface area (Å²) < 4.78 is 0. The number of carboxylic acid groups (broad SMARTS) is 2. The van der Waals surface area contributed by atoms with Crippen LogP contribution in [0.5, 0.6) is 0 Å². The molecule has 0 saturated carbocycles. The van der Waals surface area contributed by atoms with E-state index in [2.05, 4.69) is 0 Å². The van der Waals surface area contributed by atoms with Gasteiger partial charge in [0.15, 0.2) is 0 Å². The van der Waals surface area contributed by atoms with E-state index in [4.69, 9.17) is 10.2 Å². The van der Waals surface area contributed by atoms with E-state index in [0.29, 0.717) is 0 Å². The molecule has 0 aromatic carbocycles. The van der Waals surface area contributed by atoms with E-state index >= 15 is 0 Å². The van der Waals surface area contributed by atoms with E-state index in [-0.39, 0.29) is 175 Å². The Morgan fingerprint density at radius 1 is 0.842 bits per heavy atom. The molecule has 10 nitrogen and oxygen atoms in total. The molecule has 106 valence electrons. The minimum absolute atomic E-state index is 0. The topological polar surface area (TPSA) is 251 Å². The molecule has 0 aliphatic rings. The van der Waals surface area contributed by atoms with Crippen LogP contribution in [0.25, 0.3) is 0 Å². The Kier molecular flexibility index (Phi) is 132. The molecule has 0 bridgehead atoms. The van der Waals surface area contributed by atoms with Crippen molar-refractivity contribution in [2.45, 2.75) is 12.2 Å². The SMILES string of the molecule is Cl.N.N.O=C([O-])C(O)C(O)C(=O)[O-].[Ca+2].[Ca+2].[Cl-].[K+].[OH-].[OH-]. The maximum atomic E-state index is 9.63. The van der Waals surface area contributed by atoms with E-state index in [0.717, 1.165) is 0 Å². The van der Waals surface area contributed by atoms with Crippen LogP contribution in [0.4, 0.5) is 0 Å². The standard InChI is InChI=1S/C4H6O6.2Ca.2ClH.K.2H3N.2H2O/c5-1(3(7)8)2(6)4(9)10;;;;;;;;;/h1-2,5-6H,(H,7,8)(H,9,10);;;2*1H;;2*1H3;2*1H2/q;2*+2;;;+1;;;;/p-5. The Balaban J connectivity index is -0.0000000112. The Morgan fingerprint density at radius 3 is 1.00 bits per heavy atom. The van der Waals surface area contributed by atoms with Gasteiger partial charge in [0.25, 0.3) is 0 Å². The quantitative estimate of drug-likeness (QED) is 0.321. The second kappa shape index (κ2) is 37.6. The minimum atomic E-state index is -2.44. The van der Waals surface area contributed by atoms with Crippen molar-refractivity contribution in [1.82, 2.24) is 12.3 Å². The molecular formula is C4H13Ca2Cl2KN2O8. The predicted molar refractivity (Wildman–Crippen MR) is 54.7 cm³/mol. The molecule has 0 spiro atoms. The van der Waals surface area contributed by atoms with Gasteiger partial charge in [0, 0.05) is 0 Å². The largest absolute Gasteiger partial charge is 2.00 e. The fourth-order valence-corrected chi connectivity index (χ4v) is 0.258. The Hall–Kier alpha value is 3.44. The minimum Gasteiger partial charge on any atom is -1.00 e. The fraction of sp³-hybridized carbons (Fsp3) is 0.500. The van der Waals surface area contributed by atoms with Crippen LogP contribution in [-0.2, 0) is 9.59 Å². The first-order chi connectivity index (χ1) is 4.46. The number of hydrogen-bond donors (Lipinski definition) is 4. The second-order valence-corrected chi connectivity index (χ2v) is 1.53. The van der Waals surface area contributed by atoms with Gasteiger partial charge in [-0.25, -0.2) is 0 Å². The third-order valence-corrected chi connectivity index (χ3v) is 0.782. The average Bonchev–Trinajstić information content (AvgIpc) is 1.84. The van der Waals surface area contributed by atoms with Crippen molar-refractivity contribution in [2.75, 3.05) is 0 Å². The van der Waals surface area contributed by atoms with Crippen LogP contribution in [0.15, 0.2) is 0 Å². The molecule has 0 aliphatic carbocycles. The summed E-state index contributed by atoms with van der Waals surface area (Å²) in [5.41, 5.74) is 0. The molecule has 0 saturated heterocycles. The monoisotopic (exact) mass is 406 g/mol. The zero-order valence-electron chi connectivity index (χ0n) is 10.2. The van der Waals surface area contributed by atoms with E-state index in [1.54, 1.807) is 0 Å². The Bertz CT molecular complexity index is 167. The van der Waals surface area contributed by atoms with E-state index in [1.807, 2.05) is 0 Å². The van der Waals surface area contributed by atoms with Crippen LogP contribution >= 0.6 is 12.4 Å². The van der Waals surface area contributed by atoms with Gasteiger partial charge in [-0.2, -0.15) is 0 Å². The summed E-state index contributed by atoms with van der Waals surface area (Å²) in [6.45, 7) is 0. The van der Waals surface area contributed by atoms with E-state index in [1.165, 1.54) is 0 Å². The number of carboxylic acids is 2. The molecule has 0 aromatic rings. The summed E-state index contributed by atoms with van der Waals surface area (Å²) in [5, 5.41) is 35.7. The third kappa shape index (κ3) is 34.0. The molecule has 0 rings (SSSR count). The van der Waals surface area contributed by atoms with Gasteiger partial charge in [0.05, 0.1) is 11.9 Å². The van der Waals surface area contributed by atoms with Crippen LogP contribution in [0.1, 0.15) is 0 Å². The number of aliphatic carboxylic acids is 2. The molecule has 19 heavy (non-hydrogen) atoms. The molecular weight excluding hydrogens is 394 g/mol. The zero-order chi connectivity index (χ0) is 8.31. The number of rotatable bonds is 3. The molecule has 0 radical (unpaired) electrons. The number of aliphatic hydroxyl groups excluding tert-OH is 2. The number of halogens is 2.